The monoisotopic (exact) mass is 457 g/mol. The smallest absolute Gasteiger partial charge is 0.267 e. The van der Waals surface area contributed by atoms with Crippen LogP contribution in [0.1, 0.15) is 55.8 Å². The van der Waals surface area contributed by atoms with Crippen molar-refractivity contribution in [1.82, 2.24) is 10.4 Å². The SMILES string of the molecule is C/C(=N/NC(=O)c1cc(-c2ccc(Cl)cc2)nc2ccccc12)C12CC3CC(CC(C3)C1)C2. The summed E-state index contributed by atoms with van der Waals surface area (Å²) in [4.78, 5) is 18.1. The molecule has 0 atom stereocenters. The minimum Gasteiger partial charge on any atom is -0.267 e. The van der Waals surface area contributed by atoms with Crippen LogP contribution in [0.4, 0.5) is 0 Å². The molecule has 4 bridgehead atoms. The van der Waals surface area contributed by atoms with Crippen molar-refractivity contribution < 1.29 is 4.79 Å². The number of carbonyl (C=O) groups excluding carboxylic acids is 1. The third-order valence-corrected chi connectivity index (χ3v) is 8.48. The van der Waals surface area contributed by atoms with Crippen LogP contribution in [0, 0.1) is 23.2 Å². The predicted octanol–water partition coefficient (Wildman–Crippen LogP) is 6.88. The Bertz CT molecular complexity index is 1230. The third-order valence-electron chi connectivity index (χ3n) is 8.23. The second kappa shape index (κ2) is 7.95. The van der Waals surface area contributed by atoms with Gasteiger partial charge < -0.3 is 0 Å². The lowest BCUT2D eigenvalue weighted by atomic mass is 9.48. The van der Waals surface area contributed by atoms with Crippen molar-refractivity contribution in [2.75, 3.05) is 0 Å². The molecule has 33 heavy (non-hydrogen) atoms. The zero-order chi connectivity index (χ0) is 22.6. The number of fused-ring (bicyclic) bond motifs is 1. The van der Waals surface area contributed by atoms with Gasteiger partial charge >= 0.3 is 0 Å². The van der Waals surface area contributed by atoms with Gasteiger partial charge in [-0.05, 0) is 87.5 Å². The van der Waals surface area contributed by atoms with Crippen molar-refractivity contribution in [3.05, 3.63) is 65.2 Å². The van der Waals surface area contributed by atoms with Crippen molar-refractivity contribution in [3.8, 4) is 11.3 Å². The number of hydrazone groups is 1. The fraction of sp³-hybridized carbons (Fsp3) is 0.393. The lowest BCUT2D eigenvalue weighted by Crippen LogP contribution is -2.49. The first kappa shape index (κ1) is 20.9. The van der Waals surface area contributed by atoms with Gasteiger partial charge in [0.25, 0.3) is 5.91 Å². The number of benzene rings is 2. The molecule has 4 fully saturated rings. The van der Waals surface area contributed by atoms with E-state index >= 15 is 0 Å². The quantitative estimate of drug-likeness (QED) is 0.343. The summed E-state index contributed by atoms with van der Waals surface area (Å²) in [6.45, 7) is 2.12. The first-order valence-electron chi connectivity index (χ1n) is 12.0. The van der Waals surface area contributed by atoms with Gasteiger partial charge in [-0.1, -0.05) is 41.9 Å². The number of rotatable bonds is 4. The first-order chi connectivity index (χ1) is 16.0. The normalized spacial score (nSPS) is 28.3. The topological polar surface area (TPSA) is 54.4 Å². The molecule has 168 valence electrons. The maximum absolute atomic E-state index is 13.4. The number of amides is 1. The largest absolute Gasteiger partial charge is 0.272 e. The lowest BCUT2D eigenvalue weighted by Gasteiger charge is -2.56. The highest BCUT2D eigenvalue weighted by Gasteiger charge is 2.52. The number of hydrogen-bond acceptors (Lipinski definition) is 3. The molecule has 1 heterocycles. The standard InChI is InChI=1S/C28H28ClN3O/c1-17(28-14-18-10-19(15-28)12-20(11-18)16-28)31-32-27(33)24-13-26(21-6-8-22(29)9-7-21)30-25-5-3-2-4-23(24)25/h2-9,13,18-20H,10-12,14-16H2,1H3,(H,32,33)/b31-17-. The van der Waals surface area contributed by atoms with E-state index in [4.69, 9.17) is 21.7 Å². The molecule has 2 aromatic carbocycles. The summed E-state index contributed by atoms with van der Waals surface area (Å²) in [6, 6.07) is 17.2. The van der Waals surface area contributed by atoms with Gasteiger partial charge in [-0.25, -0.2) is 10.4 Å². The zero-order valence-electron chi connectivity index (χ0n) is 18.9. The Labute approximate surface area is 199 Å². The average Bonchev–Trinajstić information content (AvgIpc) is 2.81. The first-order valence-corrected chi connectivity index (χ1v) is 12.4. The average molecular weight is 458 g/mol. The van der Waals surface area contributed by atoms with Crippen molar-refractivity contribution in [1.29, 1.82) is 0 Å². The number of halogens is 1. The molecule has 1 aromatic heterocycles. The minimum atomic E-state index is -0.187. The summed E-state index contributed by atoms with van der Waals surface area (Å²) in [5.74, 6) is 2.36. The molecular weight excluding hydrogens is 430 g/mol. The fourth-order valence-corrected chi connectivity index (χ4v) is 7.12. The van der Waals surface area contributed by atoms with E-state index in [9.17, 15) is 4.79 Å². The summed E-state index contributed by atoms with van der Waals surface area (Å²) in [5.41, 5.74) is 7.25. The van der Waals surface area contributed by atoms with Crippen LogP contribution in [0.15, 0.2) is 59.7 Å². The molecule has 4 nitrogen and oxygen atoms in total. The van der Waals surface area contributed by atoms with Gasteiger partial charge in [0.05, 0.1) is 16.8 Å². The molecule has 0 unspecified atom stereocenters. The summed E-state index contributed by atoms with van der Waals surface area (Å²) < 4.78 is 0. The summed E-state index contributed by atoms with van der Waals surface area (Å²) in [5, 5.41) is 6.19. The van der Waals surface area contributed by atoms with Gasteiger partial charge in [0.15, 0.2) is 0 Å². The molecule has 0 saturated heterocycles. The van der Waals surface area contributed by atoms with E-state index in [-0.39, 0.29) is 11.3 Å². The van der Waals surface area contributed by atoms with E-state index in [1.807, 2.05) is 54.6 Å². The zero-order valence-corrected chi connectivity index (χ0v) is 19.6. The van der Waals surface area contributed by atoms with E-state index in [1.165, 1.54) is 38.5 Å². The molecule has 1 N–H and O–H groups in total. The Morgan fingerprint density at radius 1 is 1.00 bits per heavy atom. The summed E-state index contributed by atoms with van der Waals surface area (Å²) in [7, 11) is 0. The molecule has 0 radical (unpaired) electrons. The molecule has 0 aliphatic heterocycles. The minimum absolute atomic E-state index is 0.187. The van der Waals surface area contributed by atoms with Gasteiger partial charge in [0.2, 0.25) is 0 Å². The number of nitrogens with zero attached hydrogens (tertiary/aromatic N) is 2. The predicted molar refractivity (Wildman–Crippen MR) is 133 cm³/mol. The number of carbonyl (C=O) groups is 1. The highest BCUT2D eigenvalue weighted by atomic mass is 35.5. The molecule has 7 rings (SSSR count). The molecule has 4 aliphatic carbocycles. The van der Waals surface area contributed by atoms with E-state index in [2.05, 4.69) is 12.3 Å². The Kier molecular flexibility index (Phi) is 5.02. The fourth-order valence-electron chi connectivity index (χ4n) is 7.00. The van der Waals surface area contributed by atoms with E-state index in [1.54, 1.807) is 0 Å². The molecule has 1 amide bonds. The van der Waals surface area contributed by atoms with Crippen LogP contribution < -0.4 is 5.43 Å². The second-order valence-corrected chi connectivity index (χ2v) is 10.9. The van der Waals surface area contributed by atoms with Crippen LogP contribution in [0.5, 0.6) is 0 Å². The number of aromatic nitrogens is 1. The number of hydrogen-bond donors (Lipinski definition) is 1. The highest BCUT2D eigenvalue weighted by molar-refractivity contribution is 6.30. The van der Waals surface area contributed by atoms with E-state index < -0.39 is 0 Å². The molecular formula is C28H28ClN3O. The van der Waals surface area contributed by atoms with Crippen molar-refractivity contribution in [2.24, 2.45) is 28.3 Å². The molecule has 0 spiro atoms. The van der Waals surface area contributed by atoms with Crippen LogP contribution in [-0.4, -0.2) is 16.6 Å². The van der Waals surface area contributed by atoms with Crippen LogP contribution in [0.2, 0.25) is 5.02 Å². The van der Waals surface area contributed by atoms with Crippen molar-refractivity contribution in [2.45, 2.75) is 45.4 Å². The second-order valence-electron chi connectivity index (χ2n) is 10.4. The number of para-hydroxylation sites is 1. The molecule has 3 aromatic rings. The maximum atomic E-state index is 13.4. The Balaban J connectivity index is 1.31. The van der Waals surface area contributed by atoms with Crippen molar-refractivity contribution >= 4 is 34.1 Å². The van der Waals surface area contributed by atoms with Crippen LogP contribution >= 0.6 is 11.6 Å². The van der Waals surface area contributed by atoms with Gasteiger partial charge in [-0.3, -0.25) is 4.79 Å². The third kappa shape index (κ3) is 3.74. The van der Waals surface area contributed by atoms with E-state index in [0.717, 1.165) is 45.6 Å². The van der Waals surface area contributed by atoms with Crippen LogP contribution in [0.3, 0.4) is 0 Å². The van der Waals surface area contributed by atoms with Gasteiger partial charge in [-0.15, -0.1) is 0 Å². The Morgan fingerprint density at radius 3 is 2.30 bits per heavy atom. The summed E-state index contributed by atoms with van der Waals surface area (Å²) >= 11 is 6.06. The van der Waals surface area contributed by atoms with Gasteiger partial charge in [0, 0.05) is 27.1 Å². The highest BCUT2D eigenvalue weighted by Crippen LogP contribution is 2.60. The van der Waals surface area contributed by atoms with Crippen LogP contribution in [-0.2, 0) is 0 Å². The number of nitrogens with one attached hydrogen (secondary N) is 1. The van der Waals surface area contributed by atoms with E-state index in [0.29, 0.717) is 10.6 Å². The van der Waals surface area contributed by atoms with Gasteiger partial charge in [-0.2, -0.15) is 5.10 Å². The summed E-state index contributed by atoms with van der Waals surface area (Å²) in [6.07, 6.45) is 7.91. The maximum Gasteiger partial charge on any atom is 0.272 e. The molecule has 4 saturated carbocycles. The van der Waals surface area contributed by atoms with Gasteiger partial charge in [0.1, 0.15) is 0 Å². The Hall–Kier alpha value is -2.72. The van der Waals surface area contributed by atoms with Crippen LogP contribution in [0.25, 0.3) is 22.2 Å². The Morgan fingerprint density at radius 2 is 1.64 bits per heavy atom. The molecule has 4 aliphatic rings. The number of pyridine rings is 1. The lowest BCUT2D eigenvalue weighted by molar-refractivity contribution is -0.0128. The molecule has 5 heteroatoms. The van der Waals surface area contributed by atoms with Crippen molar-refractivity contribution in [3.63, 3.8) is 0 Å².